The maximum absolute atomic E-state index is 12.4. The van der Waals surface area contributed by atoms with Crippen molar-refractivity contribution in [3.05, 3.63) is 44.4 Å². The molecular weight excluding hydrogens is 431 g/mol. The molecule has 1 amide bonds. The van der Waals surface area contributed by atoms with E-state index < -0.39 is 10.8 Å². The van der Waals surface area contributed by atoms with Crippen LogP contribution in [0.5, 0.6) is 11.5 Å². The second kappa shape index (κ2) is 11.0. The van der Waals surface area contributed by atoms with Gasteiger partial charge in [0.15, 0.2) is 11.5 Å². The highest BCUT2D eigenvalue weighted by Crippen LogP contribution is 2.35. The van der Waals surface area contributed by atoms with Crippen molar-refractivity contribution in [3.8, 4) is 11.5 Å². The minimum Gasteiger partial charge on any atom is -0.493 e. The van der Waals surface area contributed by atoms with Crippen molar-refractivity contribution < 1.29 is 19.2 Å². The summed E-state index contributed by atoms with van der Waals surface area (Å²) in [4.78, 5) is 27.3. The molecule has 1 aromatic carbocycles. The Bertz CT molecular complexity index is 803. The van der Waals surface area contributed by atoms with Crippen molar-refractivity contribution in [1.82, 2.24) is 15.6 Å². The topological polar surface area (TPSA) is 116 Å². The molecule has 2 heterocycles. The number of rotatable bonds is 8. The third-order valence-corrected chi connectivity index (χ3v) is 4.63. The SMILES string of the molecule is COc1cc(C(=O)NCC2CNC2)c([N+](=O)[O-])cc1OCc1cscn1.Cl.Cl. The maximum Gasteiger partial charge on any atom is 0.286 e. The van der Waals surface area contributed by atoms with E-state index in [1.165, 1.54) is 30.6 Å². The van der Waals surface area contributed by atoms with Gasteiger partial charge in [0.1, 0.15) is 12.2 Å². The first-order valence-corrected chi connectivity index (χ1v) is 8.88. The Morgan fingerprint density at radius 3 is 2.68 bits per heavy atom. The van der Waals surface area contributed by atoms with Gasteiger partial charge in [-0.2, -0.15) is 0 Å². The molecule has 3 rings (SSSR count). The van der Waals surface area contributed by atoms with E-state index in [1.807, 2.05) is 5.38 Å². The number of nitrogens with zero attached hydrogens (tertiary/aromatic N) is 2. The zero-order valence-electron chi connectivity index (χ0n) is 14.9. The minimum atomic E-state index is -0.602. The van der Waals surface area contributed by atoms with Crippen LogP contribution in [0.3, 0.4) is 0 Å². The first-order chi connectivity index (χ1) is 12.6. The average molecular weight is 451 g/mol. The summed E-state index contributed by atoms with van der Waals surface area (Å²) in [6.07, 6.45) is 0. The van der Waals surface area contributed by atoms with Crippen molar-refractivity contribution in [1.29, 1.82) is 0 Å². The number of hydrogen-bond donors (Lipinski definition) is 2. The van der Waals surface area contributed by atoms with Crippen molar-refractivity contribution in [3.63, 3.8) is 0 Å². The molecule has 9 nitrogen and oxygen atoms in total. The smallest absolute Gasteiger partial charge is 0.286 e. The van der Waals surface area contributed by atoms with E-state index in [9.17, 15) is 14.9 Å². The van der Waals surface area contributed by atoms with Gasteiger partial charge in [0, 0.05) is 37.0 Å². The fourth-order valence-electron chi connectivity index (χ4n) is 2.44. The Kier molecular flexibility index (Phi) is 9.39. The summed E-state index contributed by atoms with van der Waals surface area (Å²) in [5.74, 6) is 0.279. The zero-order valence-corrected chi connectivity index (χ0v) is 17.3. The van der Waals surface area contributed by atoms with Crippen LogP contribution >= 0.6 is 36.2 Å². The first-order valence-electron chi connectivity index (χ1n) is 7.93. The standard InChI is InChI=1S/C16H18N4O5S.2ClH/c1-24-14-2-12(16(21)18-6-10-4-17-5-10)13(20(22)23)3-15(14)25-7-11-8-26-9-19-11;;/h2-3,8-10,17H,4-7H2,1H3,(H,18,21);2*1H. The number of nitrogens with one attached hydrogen (secondary N) is 2. The number of amides is 1. The number of ether oxygens (including phenoxy) is 2. The number of nitro groups is 1. The molecule has 0 radical (unpaired) electrons. The predicted molar refractivity (Wildman–Crippen MR) is 109 cm³/mol. The number of halogens is 2. The summed E-state index contributed by atoms with van der Waals surface area (Å²) in [6.45, 7) is 2.27. The summed E-state index contributed by atoms with van der Waals surface area (Å²) in [5, 5.41) is 19.1. The van der Waals surface area contributed by atoms with Gasteiger partial charge in [-0.1, -0.05) is 0 Å². The molecule has 12 heteroatoms. The number of nitro benzene ring substituents is 1. The summed E-state index contributed by atoms with van der Waals surface area (Å²) in [6, 6.07) is 2.55. The van der Waals surface area contributed by atoms with Crippen molar-refractivity contribution in [2.75, 3.05) is 26.7 Å². The fourth-order valence-corrected chi connectivity index (χ4v) is 2.98. The molecule has 28 heavy (non-hydrogen) atoms. The summed E-state index contributed by atoms with van der Waals surface area (Å²) < 4.78 is 10.8. The second-order valence-electron chi connectivity index (χ2n) is 5.78. The quantitative estimate of drug-likeness (QED) is 0.468. The number of aromatic nitrogens is 1. The van der Waals surface area contributed by atoms with Crippen LogP contribution in [0, 0.1) is 16.0 Å². The highest BCUT2D eigenvalue weighted by molar-refractivity contribution is 7.07. The number of methoxy groups -OCH3 is 1. The van der Waals surface area contributed by atoms with E-state index in [4.69, 9.17) is 9.47 Å². The lowest BCUT2D eigenvalue weighted by Crippen LogP contribution is -2.48. The molecule has 0 saturated carbocycles. The third-order valence-electron chi connectivity index (χ3n) is 4.00. The average Bonchev–Trinajstić information content (AvgIpc) is 3.11. The van der Waals surface area contributed by atoms with Gasteiger partial charge < -0.3 is 20.1 Å². The largest absolute Gasteiger partial charge is 0.493 e. The lowest BCUT2D eigenvalue weighted by molar-refractivity contribution is -0.385. The normalized spacial score (nSPS) is 12.8. The Morgan fingerprint density at radius 2 is 2.14 bits per heavy atom. The highest BCUT2D eigenvalue weighted by Gasteiger charge is 2.26. The lowest BCUT2D eigenvalue weighted by atomic mass is 10.0. The third kappa shape index (κ3) is 5.68. The van der Waals surface area contributed by atoms with Crippen LogP contribution in [0.25, 0.3) is 0 Å². The van der Waals surface area contributed by atoms with E-state index in [0.29, 0.717) is 18.2 Å². The molecule has 2 aromatic rings. The molecule has 1 aliphatic heterocycles. The molecule has 0 aliphatic carbocycles. The number of thiazole rings is 1. The number of carbonyl (C=O) groups excluding carboxylic acids is 1. The van der Waals surface area contributed by atoms with E-state index in [1.54, 1.807) is 5.51 Å². The monoisotopic (exact) mass is 450 g/mol. The van der Waals surface area contributed by atoms with E-state index in [0.717, 1.165) is 13.1 Å². The van der Waals surface area contributed by atoms with Gasteiger partial charge in [-0.3, -0.25) is 14.9 Å². The van der Waals surface area contributed by atoms with Gasteiger partial charge in [0.25, 0.3) is 11.6 Å². The van der Waals surface area contributed by atoms with Crippen LogP contribution in [0.1, 0.15) is 16.1 Å². The van der Waals surface area contributed by atoms with Gasteiger partial charge in [-0.25, -0.2) is 4.98 Å². The van der Waals surface area contributed by atoms with Crippen molar-refractivity contribution in [2.24, 2.45) is 5.92 Å². The molecule has 0 bridgehead atoms. The summed E-state index contributed by atoms with van der Waals surface area (Å²) in [7, 11) is 1.42. The van der Waals surface area contributed by atoms with E-state index in [2.05, 4.69) is 15.6 Å². The minimum absolute atomic E-state index is 0. The predicted octanol–water partition coefficient (Wildman–Crippen LogP) is 2.43. The van der Waals surface area contributed by atoms with Gasteiger partial charge in [-0.05, 0) is 0 Å². The van der Waals surface area contributed by atoms with Gasteiger partial charge >= 0.3 is 0 Å². The molecule has 1 aromatic heterocycles. The molecule has 0 atom stereocenters. The Hall–Kier alpha value is -2.14. The first kappa shape index (κ1) is 23.9. The van der Waals surface area contributed by atoms with Crippen LogP contribution in [-0.4, -0.2) is 42.6 Å². The van der Waals surface area contributed by atoms with Crippen LogP contribution in [0.4, 0.5) is 5.69 Å². The molecule has 0 unspecified atom stereocenters. The Labute approximate surface area is 177 Å². The molecule has 154 valence electrons. The number of hydrogen-bond acceptors (Lipinski definition) is 8. The summed E-state index contributed by atoms with van der Waals surface area (Å²) in [5.41, 5.74) is 1.99. The van der Waals surface area contributed by atoms with Crippen molar-refractivity contribution in [2.45, 2.75) is 6.61 Å². The van der Waals surface area contributed by atoms with Gasteiger partial charge in [0.2, 0.25) is 0 Å². The second-order valence-corrected chi connectivity index (χ2v) is 6.50. The van der Waals surface area contributed by atoms with Crippen LogP contribution in [0.2, 0.25) is 0 Å². The molecule has 2 N–H and O–H groups in total. The molecule has 1 fully saturated rings. The molecular formula is C16H20Cl2N4O5S. The molecule has 1 aliphatic rings. The van der Waals surface area contributed by atoms with Crippen LogP contribution in [-0.2, 0) is 6.61 Å². The number of benzene rings is 1. The zero-order chi connectivity index (χ0) is 18.5. The molecule has 1 saturated heterocycles. The fraction of sp³-hybridized carbons (Fsp3) is 0.375. The van der Waals surface area contributed by atoms with Crippen LogP contribution < -0.4 is 20.1 Å². The van der Waals surface area contributed by atoms with Crippen molar-refractivity contribution >= 4 is 47.7 Å². The number of carbonyl (C=O) groups is 1. The van der Waals surface area contributed by atoms with Gasteiger partial charge in [0.05, 0.1) is 29.3 Å². The van der Waals surface area contributed by atoms with E-state index in [-0.39, 0.29) is 54.2 Å². The Morgan fingerprint density at radius 1 is 1.39 bits per heavy atom. The Balaban J connectivity index is 0.00000196. The maximum atomic E-state index is 12.4. The lowest BCUT2D eigenvalue weighted by Gasteiger charge is -2.27. The summed E-state index contributed by atoms with van der Waals surface area (Å²) >= 11 is 1.43. The molecule has 0 spiro atoms. The van der Waals surface area contributed by atoms with Crippen LogP contribution in [0.15, 0.2) is 23.0 Å². The van der Waals surface area contributed by atoms with E-state index >= 15 is 0 Å². The van der Waals surface area contributed by atoms with Gasteiger partial charge in [-0.15, -0.1) is 36.2 Å². The highest BCUT2D eigenvalue weighted by atomic mass is 35.5.